The van der Waals surface area contributed by atoms with Crippen molar-refractivity contribution < 1.29 is 14.3 Å². The average molecular weight is 237 g/mol. The van der Waals surface area contributed by atoms with E-state index in [0.717, 1.165) is 0 Å². The third kappa shape index (κ3) is 3.93. The topological polar surface area (TPSA) is 83.5 Å². The Bertz CT molecular complexity index is 470. The van der Waals surface area contributed by atoms with Crippen LogP contribution in [0.1, 0.15) is 26.0 Å². The molecule has 17 heavy (non-hydrogen) atoms. The Hall–Kier alpha value is -1.80. The van der Waals surface area contributed by atoms with Crippen molar-refractivity contribution in [3.8, 4) is 11.8 Å². The smallest absolute Gasteiger partial charge is 0.227 e. The van der Waals surface area contributed by atoms with Gasteiger partial charge in [0.1, 0.15) is 18.6 Å². The van der Waals surface area contributed by atoms with Crippen LogP contribution in [0.4, 0.5) is 0 Å². The van der Waals surface area contributed by atoms with E-state index in [1.54, 1.807) is 13.8 Å². The molecule has 0 aromatic carbocycles. The van der Waals surface area contributed by atoms with Crippen molar-refractivity contribution in [2.24, 2.45) is 5.41 Å². The lowest BCUT2D eigenvalue weighted by molar-refractivity contribution is 0.231. The number of nitrogens with zero attached hydrogens (tertiary/aromatic N) is 1. The van der Waals surface area contributed by atoms with E-state index in [9.17, 15) is 4.79 Å². The summed E-state index contributed by atoms with van der Waals surface area (Å²) in [4.78, 5) is 11.5. The van der Waals surface area contributed by atoms with Gasteiger partial charge in [0.2, 0.25) is 11.2 Å². The van der Waals surface area contributed by atoms with Gasteiger partial charge in [-0.15, -0.1) is 0 Å². The fourth-order valence-corrected chi connectivity index (χ4v) is 1.10. The number of hydrogen-bond acceptors (Lipinski definition) is 5. The van der Waals surface area contributed by atoms with Crippen LogP contribution < -0.4 is 10.2 Å². The molecule has 0 aliphatic rings. The fraction of sp³-hybridized carbons (Fsp3) is 0.500. The first-order valence-corrected chi connectivity index (χ1v) is 5.25. The minimum Gasteiger partial charge on any atom is -0.487 e. The lowest BCUT2D eigenvalue weighted by Crippen LogP contribution is -2.15. The van der Waals surface area contributed by atoms with Crippen molar-refractivity contribution in [1.29, 1.82) is 5.26 Å². The summed E-state index contributed by atoms with van der Waals surface area (Å²) >= 11 is 0. The van der Waals surface area contributed by atoms with E-state index >= 15 is 0 Å². The average Bonchev–Trinajstić information content (AvgIpc) is 2.31. The largest absolute Gasteiger partial charge is 0.487 e. The summed E-state index contributed by atoms with van der Waals surface area (Å²) in [6.45, 7) is 3.54. The van der Waals surface area contributed by atoms with E-state index in [2.05, 4.69) is 6.07 Å². The van der Waals surface area contributed by atoms with Crippen molar-refractivity contribution in [2.45, 2.75) is 26.9 Å². The lowest BCUT2D eigenvalue weighted by Gasteiger charge is -2.14. The normalized spacial score (nSPS) is 10.9. The quantitative estimate of drug-likeness (QED) is 0.837. The third-order valence-electron chi connectivity index (χ3n) is 2.30. The Morgan fingerprint density at radius 1 is 1.59 bits per heavy atom. The zero-order valence-corrected chi connectivity index (χ0v) is 9.90. The minimum atomic E-state index is -0.481. The second kappa shape index (κ2) is 5.51. The van der Waals surface area contributed by atoms with Gasteiger partial charge < -0.3 is 14.3 Å². The van der Waals surface area contributed by atoms with Gasteiger partial charge >= 0.3 is 0 Å². The fourth-order valence-electron chi connectivity index (χ4n) is 1.10. The maximum absolute atomic E-state index is 11.5. The molecule has 1 heterocycles. The van der Waals surface area contributed by atoms with E-state index < -0.39 is 5.41 Å². The molecule has 1 N–H and O–H groups in total. The highest BCUT2D eigenvalue weighted by Crippen LogP contribution is 2.18. The molecule has 0 saturated carbocycles. The Labute approximate surface area is 99.3 Å². The molecule has 0 radical (unpaired) electrons. The molecule has 92 valence electrons. The molecule has 1 aromatic heterocycles. The minimum absolute atomic E-state index is 0.0935. The van der Waals surface area contributed by atoms with Crippen LogP contribution in [0.3, 0.4) is 0 Å². The highest BCUT2D eigenvalue weighted by atomic mass is 16.5. The molecule has 1 rings (SSSR count). The summed E-state index contributed by atoms with van der Waals surface area (Å²) < 4.78 is 10.2. The number of nitriles is 1. The van der Waals surface area contributed by atoms with Crippen molar-refractivity contribution in [2.75, 3.05) is 6.61 Å². The van der Waals surface area contributed by atoms with Crippen molar-refractivity contribution >= 4 is 0 Å². The number of aliphatic hydroxyl groups excluding tert-OH is 1. The Morgan fingerprint density at radius 2 is 2.29 bits per heavy atom. The summed E-state index contributed by atoms with van der Waals surface area (Å²) in [5.41, 5.74) is -0.819. The molecule has 5 heteroatoms. The Balaban J connectivity index is 2.60. The molecule has 1 aromatic rings. The standard InChI is InChI=1S/C12H15NO4/c1-12(2,8-13)3-4-16-11-7-17-9(6-14)5-10(11)15/h5,7,14H,3-4,6H2,1-2H3. The van der Waals surface area contributed by atoms with Crippen LogP contribution in [0.5, 0.6) is 5.75 Å². The second-order valence-electron chi connectivity index (χ2n) is 4.33. The zero-order chi connectivity index (χ0) is 12.9. The maximum atomic E-state index is 11.5. The first-order chi connectivity index (χ1) is 7.98. The third-order valence-corrected chi connectivity index (χ3v) is 2.30. The molecule has 5 nitrogen and oxygen atoms in total. The summed E-state index contributed by atoms with van der Waals surface area (Å²) in [6.07, 6.45) is 1.69. The molecule has 0 aliphatic carbocycles. The number of rotatable bonds is 5. The van der Waals surface area contributed by atoms with Crippen molar-refractivity contribution in [1.82, 2.24) is 0 Å². The summed E-state index contributed by atoms with van der Waals surface area (Å²) in [5.74, 6) is 0.288. The first-order valence-electron chi connectivity index (χ1n) is 5.25. The zero-order valence-electron chi connectivity index (χ0n) is 9.90. The maximum Gasteiger partial charge on any atom is 0.227 e. The second-order valence-corrected chi connectivity index (χ2v) is 4.33. The number of aliphatic hydroxyl groups is 1. The number of hydrogen-bond donors (Lipinski definition) is 1. The molecule has 0 spiro atoms. The first kappa shape index (κ1) is 13.3. The van der Waals surface area contributed by atoms with Crippen LogP contribution in [-0.4, -0.2) is 11.7 Å². The summed E-state index contributed by atoms with van der Waals surface area (Å²) in [6, 6.07) is 3.33. The Kier molecular flexibility index (Phi) is 4.30. The summed E-state index contributed by atoms with van der Waals surface area (Å²) in [7, 11) is 0. The van der Waals surface area contributed by atoms with E-state index in [0.29, 0.717) is 6.42 Å². The van der Waals surface area contributed by atoms with Gasteiger partial charge in [0.15, 0.2) is 0 Å². The van der Waals surface area contributed by atoms with E-state index in [4.69, 9.17) is 19.5 Å². The van der Waals surface area contributed by atoms with E-state index in [1.165, 1.54) is 12.3 Å². The molecule has 0 saturated heterocycles. The van der Waals surface area contributed by atoms with E-state index in [-0.39, 0.29) is 30.2 Å². The predicted octanol–water partition coefficient (Wildman–Crippen LogP) is 1.45. The van der Waals surface area contributed by atoms with Crippen molar-refractivity contribution in [3.05, 3.63) is 28.3 Å². The van der Waals surface area contributed by atoms with E-state index in [1.807, 2.05) is 0 Å². The van der Waals surface area contributed by atoms with Crippen LogP contribution >= 0.6 is 0 Å². The Morgan fingerprint density at radius 3 is 2.82 bits per heavy atom. The van der Waals surface area contributed by atoms with Gasteiger partial charge in [-0.3, -0.25) is 4.79 Å². The molecular formula is C12H15NO4. The van der Waals surface area contributed by atoms with Gasteiger partial charge in [0, 0.05) is 6.07 Å². The van der Waals surface area contributed by atoms with Gasteiger partial charge in [-0.2, -0.15) is 5.26 Å². The highest BCUT2D eigenvalue weighted by molar-refractivity contribution is 5.17. The van der Waals surface area contributed by atoms with Gasteiger partial charge in [-0.05, 0) is 20.3 Å². The van der Waals surface area contributed by atoms with Gasteiger partial charge in [0.05, 0.1) is 18.1 Å². The summed E-state index contributed by atoms with van der Waals surface area (Å²) in [5, 5.41) is 17.6. The number of ether oxygens (including phenoxy) is 1. The molecule has 0 bridgehead atoms. The molecule has 0 fully saturated rings. The van der Waals surface area contributed by atoms with Gasteiger partial charge in [0.25, 0.3) is 0 Å². The predicted molar refractivity (Wildman–Crippen MR) is 60.4 cm³/mol. The molecule has 0 unspecified atom stereocenters. The van der Waals surface area contributed by atoms with Crippen LogP contribution in [-0.2, 0) is 6.61 Å². The molecule has 0 aliphatic heterocycles. The van der Waals surface area contributed by atoms with Crippen LogP contribution in [0.15, 0.2) is 21.5 Å². The monoisotopic (exact) mass is 237 g/mol. The van der Waals surface area contributed by atoms with Crippen LogP contribution in [0.2, 0.25) is 0 Å². The van der Waals surface area contributed by atoms with Crippen LogP contribution in [0, 0.1) is 16.7 Å². The SMILES string of the molecule is CC(C)(C#N)CCOc1coc(CO)cc1=O. The highest BCUT2D eigenvalue weighted by Gasteiger charge is 2.16. The molecule has 0 amide bonds. The molecule has 0 atom stereocenters. The van der Waals surface area contributed by atoms with Crippen LogP contribution in [0.25, 0.3) is 0 Å². The lowest BCUT2D eigenvalue weighted by atomic mass is 9.92. The molecular weight excluding hydrogens is 222 g/mol. The van der Waals surface area contributed by atoms with Gasteiger partial charge in [-0.25, -0.2) is 0 Å². The van der Waals surface area contributed by atoms with Gasteiger partial charge in [-0.1, -0.05) is 0 Å². The van der Waals surface area contributed by atoms with Crippen molar-refractivity contribution in [3.63, 3.8) is 0 Å².